The van der Waals surface area contributed by atoms with Gasteiger partial charge in [-0.25, -0.2) is 0 Å². The minimum atomic E-state index is -4.36. The van der Waals surface area contributed by atoms with Gasteiger partial charge in [0, 0.05) is 97.4 Å². The highest BCUT2D eigenvalue weighted by molar-refractivity contribution is 7.35. The summed E-state index contributed by atoms with van der Waals surface area (Å²) >= 11 is 0. The van der Waals surface area contributed by atoms with Gasteiger partial charge in [0.15, 0.2) is 0 Å². The lowest BCUT2D eigenvalue weighted by Gasteiger charge is -2.47. The summed E-state index contributed by atoms with van der Waals surface area (Å²) in [5, 5.41) is 0. The third kappa shape index (κ3) is 13.9. The first-order valence-electron chi connectivity index (χ1n) is 18.5. The van der Waals surface area contributed by atoms with Gasteiger partial charge in [0.05, 0.1) is 0 Å². The Morgan fingerprint density at radius 1 is 0.302 bits per heavy atom. The maximum Gasteiger partial charge on any atom is 0.569 e. The standard InChI is InChI=1S/C30H76N2O15Si6/c1-17-23-31(24-18-2)27-21-29-48(33-5,34-6)45-50(37-9,38-10)52(41-13,42-14)47-53(43-15,44-16)51(39-11,40-12)46-49(35-7,36-8)30-22-28-32(25-19-3)26-20-4/h17-30H2,1-16H3. The van der Waals surface area contributed by atoms with E-state index in [1.54, 1.807) is 28.4 Å². The summed E-state index contributed by atoms with van der Waals surface area (Å²) in [6, 6.07) is 0.921. The van der Waals surface area contributed by atoms with Gasteiger partial charge in [0.25, 0.3) is 0 Å². The zero-order valence-electron chi connectivity index (χ0n) is 35.9. The van der Waals surface area contributed by atoms with Gasteiger partial charge in [-0.3, -0.25) is 0 Å². The van der Waals surface area contributed by atoms with Crippen molar-refractivity contribution < 1.29 is 65.5 Å². The van der Waals surface area contributed by atoms with Gasteiger partial charge in [0.2, 0.25) is 0 Å². The molecule has 0 atom stereocenters. The van der Waals surface area contributed by atoms with Crippen molar-refractivity contribution in [2.45, 2.75) is 78.3 Å². The van der Waals surface area contributed by atoms with E-state index in [1.165, 1.54) is 56.9 Å². The molecule has 320 valence electrons. The minimum Gasteiger partial charge on any atom is -0.377 e. The molecule has 0 unspecified atom stereocenters. The average molecular weight is 873 g/mol. The van der Waals surface area contributed by atoms with Crippen molar-refractivity contribution in [3.8, 4) is 0 Å². The molecule has 0 amide bonds. The van der Waals surface area contributed by atoms with Crippen LogP contribution in [0.4, 0.5) is 0 Å². The summed E-state index contributed by atoms with van der Waals surface area (Å²) in [6.45, 7) is 14.4. The fraction of sp³-hybridized carbons (Fsp3) is 1.00. The number of hydrogen-bond donors (Lipinski definition) is 0. The Kier molecular flexibility index (Phi) is 27.7. The first-order valence-corrected chi connectivity index (χ1v) is 31.3. The molecule has 53 heavy (non-hydrogen) atoms. The minimum absolute atomic E-state index is 0.460. The van der Waals surface area contributed by atoms with Crippen LogP contribution >= 0.6 is 0 Å². The zero-order valence-corrected chi connectivity index (χ0v) is 41.9. The van der Waals surface area contributed by atoms with Crippen LogP contribution in [0.2, 0.25) is 12.1 Å². The Bertz CT molecular complexity index is 836. The van der Waals surface area contributed by atoms with Gasteiger partial charge in [-0.1, -0.05) is 27.7 Å². The SMILES string of the molecule is CCCN(CCC)CCC[Si](OC)(OC)O[Si](OC)(OC)[Si](OC)(OC)O[Si](OC)(OC)[Si](OC)(OC)O[Si](CCCN(CCC)CCC)(OC)OC. The number of rotatable bonds is 36. The third-order valence-electron chi connectivity index (χ3n) is 9.07. The molecule has 0 spiro atoms. The molecule has 0 aromatic rings. The molecule has 0 aromatic heterocycles. The second kappa shape index (κ2) is 27.3. The summed E-state index contributed by atoms with van der Waals surface area (Å²) in [5.41, 5.74) is 0. The van der Waals surface area contributed by atoms with Crippen LogP contribution in [0.5, 0.6) is 0 Å². The fourth-order valence-electron chi connectivity index (χ4n) is 6.32. The molecule has 17 nitrogen and oxygen atoms in total. The zero-order chi connectivity index (χ0) is 40.7. The molecule has 0 aliphatic heterocycles. The molecule has 0 radical (unpaired) electrons. The van der Waals surface area contributed by atoms with E-state index in [2.05, 4.69) is 37.5 Å². The molecule has 23 heteroatoms. The van der Waals surface area contributed by atoms with Crippen molar-refractivity contribution in [2.24, 2.45) is 0 Å². The van der Waals surface area contributed by atoms with E-state index in [4.69, 9.17) is 65.5 Å². The quantitative estimate of drug-likeness (QED) is 0.0845. The monoisotopic (exact) mass is 872 g/mol. The Balaban J connectivity index is 7.08. The molecular weight excluding hydrogens is 797 g/mol. The summed E-state index contributed by atoms with van der Waals surface area (Å²) < 4.78 is 94.4. The van der Waals surface area contributed by atoms with Crippen molar-refractivity contribution >= 4 is 50.9 Å². The van der Waals surface area contributed by atoms with Gasteiger partial charge >= 0.3 is 50.9 Å². The Hall–Kier alpha value is 0.621. The second-order valence-corrected chi connectivity index (χ2v) is 35.1. The molecule has 0 heterocycles. The van der Waals surface area contributed by atoms with Crippen molar-refractivity contribution in [1.29, 1.82) is 0 Å². The molecule has 0 N–H and O–H groups in total. The highest BCUT2D eigenvalue weighted by atomic mass is 29.4. The normalized spacial score (nSPS) is 13.9. The molecule has 0 rings (SSSR count). The van der Waals surface area contributed by atoms with Crippen LogP contribution in [-0.4, -0.2) is 185 Å². The fourth-order valence-corrected chi connectivity index (χ4v) is 39.5. The summed E-state index contributed by atoms with van der Waals surface area (Å²) in [4.78, 5) is 4.84. The van der Waals surface area contributed by atoms with Crippen LogP contribution in [0.3, 0.4) is 0 Å². The summed E-state index contributed by atoms with van der Waals surface area (Å²) in [5.74, 6) is 0. The molecule has 0 saturated heterocycles. The van der Waals surface area contributed by atoms with Crippen LogP contribution in [0.1, 0.15) is 66.2 Å². The van der Waals surface area contributed by atoms with Crippen molar-refractivity contribution in [1.82, 2.24) is 9.80 Å². The molecule has 0 aromatic carbocycles. The maximum atomic E-state index is 6.97. The molecular formula is C30H76N2O15Si6. The van der Waals surface area contributed by atoms with Gasteiger partial charge in [-0.15, -0.1) is 0 Å². The largest absolute Gasteiger partial charge is 0.569 e. The Morgan fingerprint density at radius 2 is 0.528 bits per heavy atom. The van der Waals surface area contributed by atoms with E-state index in [0.717, 1.165) is 77.8 Å². The van der Waals surface area contributed by atoms with Crippen molar-refractivity contribution in [3.63, 3.8) is 0 Å². The van der Waals surface area contributed by atoms with Crippen molar-refractivity contribution in [2.75, 3.05) is 125 Å². The van der Waals surface area contributed by atoms with E-state index in [1.807, 2.05) is 0 Å². The van der Waals surface area contributed by atoms with Crippen LogP contribution < -0.4 is 0 Å². The van der Waals surface area contributed by atoms with Crippen LogP contribution in [0.15, 0.2) is 0 Å². The van der Waals surface area contributed by atoms with Crippen LogP contribution in [0.25, 0.3) is 0 Å². The molecule has 0 aliphatic rings. The second-order valence-electron chi connectivity index (χ2n) is 12.2. The first-order chi connectivity index (χ1) is 25.3. The lowest BCUT2D eigenvalue weighted by Crippen LogP contribution is -2.84. The lowest BCUT2D eigenvalue weighted by molar-refractivity contribution is 0.0375. The van der Waals surface area contributed by atoms with E-state index in [-0.39, 0.29) is 0 Å². The Morgan fingerprint density at radius 3 is 0.717 bits per heavy atom. The molecule has 0 bridgehead atoms. The molecule has 0 saturated carbocycles. The summed E-state index contributed by atoms with van der Waals surface area (Å²) in [7, 11) is -6.58. The predicted molar refractivity (Wildman–Crippen MR) is 215 cm³/mol. The lowest BCUT2D eigenvalue weighted by atomic mass is 10.3. The van der Waals surface area contributed by atoms with E-state index < -0.39 is 50.9 Å². The third-order valence-corrected chi connectivity index (χ3v) is 39.1. The highest BCUT2D eigenvalue weighted by Gasteiger charge is 2.83. The van der Waals surface area contributed by atoms with Crippen molar-refractivity contribution in [3.05, 3.63) is 0 Å². The molecule has 0 aliphatic carbocycles. The van der Waals surface area contributed by atoms with Gasteiger partial charge in [-0.05, 0) is 77.8 Å². The van der Waals surface area contributed by atoms with Crippen LogP contribution in [0, 0.1) is 0 Å². The van der Waals surface area contributed by atoms with Gasteiger partial charge < -0.3 is 75.3 Å². The topological polar surface area (TPSA) is 145 Å². The Labute approximate surface area is 328 Å². The van der Waals surface area contributed by atoms with E-state index in [0.29, 0.717) is 12.1 Å². The molecule has 0 fully saturated rings. The number of nitrogens with zero attached hydrogens (tertiary/aromatic N) is 2. The van der Waals surface area contributed by atoms with Crippen LogP contribution in [-0.2, 0) is 65.5 Å². The predicted octanol–water partition coefficient (Wildman–Crippen LogP) is 3.61. The van der Waals surface area contributed by atoms with E-state index in [9.17, 15) is 0 Å². The van der Waals surface area contributed by atoms with Gasteiger partial charge in [-0.2, -0.15) is 0 Å². The average Bonchev–Trinajstić information content (AvgIpc) is 3.19. The smallest absolute Gasteiger partial charge is 0.377 e. The van der Waals surface area contributed by atoms with E-state index >= 15 is 0 Å². The maximum absolute atomic E-state index is 6.97. The highest BCUT2D eigenvalue weighted by Crippen LogP contribution is 2.38. The van der Waals surface area contributed by atoms with Gasteiger partial charge in [0.1, 0.15) is 0 Å². The summed E-state index contributed by atoms with van der Waals surface area (Å²) in [6.07, 6.45) is 5.70. The first kappa shape index (κ1) is 53.6. The number of hydrogen-bond acceptors (Lipinski definition) is 17.